The summed E-state index contributed by atoms with van der Waals surface area (Å²) in [7, 11) is 0. The van der Waals surface area contributed by atoms with E-state index in [1.807, 2.05) is 0 Å². The summed E-state index contributed by atoms with van der Waals surface area (Å²) in [5, 5.41) is 11.5. The van der Waals surface area contributed by atoms with E-state index in [0.29, 0.717) is 6.42 Å². The average molecular weight is 259 g/mol. The summed E-state index contributed by atoms with van der Waals surface area (Å²) in [6.45, 7) is -1.37. The zero-order valence-electron chi connectivity index (χ0n) is 9.90. The van der Waals surface area contributed by atoms with Crippen LogP contribution in [0.1, 0.15) is 19.8 Å². The number of carbonyl (C=O) groups excluding carboxylic acids is 1. The van der Waals surface area contributed by atoms with E-state index < -0.39 is 12.7 Å². The molecule has 0 heterocycles. The topological polar surface area (TPSA) is 58.6 Å². The summed E-state index contributed by atoms with van der Waals surface area (Å²) in [6.07, 6.45) is -0.159. The summed E-state index contributed by atoms with van der Waals surface area (Å²) >= 11 is 0. The molecule has 0 fully saturated rings. The normalized spacial score (nSPS) is 12.3. The summed E-state index contributed by atoms with van der Waals surface area (Å²) in [4.78, 5) is 11.5. The molecule has 0 aliphatic rings. The van der Waals surface area contributed by atoms with E-state index in [4.69, 9.17) is 5.11 Å². The number of ether oxygens (including phenoxy) is 1. The maximum Gasteiger partial charge on any atom is 0.387 e. The molecule has 1 aromatic rings. The van der Waals surface area contributed by atoms with Gasteiger partial charge in [-0.05, 0) is 25.5 Å². The second-order valence-electron chi connectivity index (χ2n) is 3.81. The SMILES string of the molecule is CC(O)CCC(=O)Nc1ccccc1OC(F)F. The van der Waals surface area contributed by atoms with Gasteiger partial charge in [0.15, 0.2) is 0 Å². The minimum absolute atomic E-state index is 0.0853. The molecule has 4 nitrogen and oxygen atoms in total. The Balaban J connectivity index is 2.63. The van der Waals surface area contributed by atoms with Crippen LogP contribution in [0.3, 0.4) is 0 Å². The number of hydrogen-bond acceptors (Lipinski definition) is 3. The van der Waals surface area contributed by atoms with Crippen LogP contribution in [0.2, 0.25) is 0 Å². The van der Waals surface area contributed by atoms with E-state index in [9.17, 15) is 13.6 Å². The molecule has 0 aliphatic heterocycles. The molecule has 6 heteroatoms. The highest BCUT2D eigenvalue weighted by molar-refractivity contribution is 5.92. The van der Waals surface area contributed by atoms with Crippen molar-refractivity contribution in [2.75, 3.05) is 5.32 Å². The minimum atomic E-state index is -2.94. The molecule has 1 aromatic carbocycles. The summed E-state index contributed by atoms with van der Waals surface area (Å²) in [5.41, 5.74) is 0.188. The first-order valence-electron chi connectivity index (χ1n) is 5.51. The second-order valence-corrected chi connectivity index (χ2v) is 3.81. The molecule has 0 bridgehead atoms. The molecule has 100 valence electrons. The van der Waals surface area contributed by atoms with Crippen molar-refractivity contribution in [1.82, 2.24) is 0 Å². The first-order valence-corrected chi connectivity index (χ1v) is 5.51. The number of aliphatic hydroxyl groups excluding tert-OH is 1. The van der Waals surface area contributed by atoms with Gasteiger partial charge in [0, 0.05) is 6.42 Å². The molecular formula is C12H15F2NO3. The van der Waals surface area contributed by atoms with Crippen molar-refractivity contribution in [3.8, 4) is 5.75 Å². The number of para-hydroxylation sites is 2. The van der Waals surface area contributed by atoms with E-state index in [-0.39, 0.29) is 23.8 Å². The van der Waals surface area contributed by atoms with Crippen LogP contribution in [0.5, 0.6) is 5.75 Å². The smallest absolute Gasteiger partial charge is 0.387 e. The highest BCUT2D eigenvalue weighted by atomic mass is 19.3. The molecular weight excluding hydrogens is 244 g/mol. The lowest BCUT2D eigenvalue weighted by Gasteiger charge is -2.11. The standard InChI is InChI=1S/C12H15F2NO3/c1-8(16)6-7-11(17)15-9-4-2-3-5-10(9)18-12(13)14/h2-5,8,12,16H,6-7H2,1H3,(H,15,17). The number of anilines is 1. The van der Waals surface area contributed by atoms with Gasteiger partial charge in [0.05, 0.1) is 11.8 Å². The van der Waals surface area contributed by atoms with Gasteiger partial charge in [-0.25, -0.2) is 0 Å². The van der Waals surface area contributed by atoms with Crippen LogP contribution in [0, 0.1) is 0 Å². The Labute approximate surface area is 104 Å². The van der Waals surface area contributed by atoms with Gasteiger partial charge in [0.2, 0.25) is 5.91 Å². The van der Waals surface area contributed by atoms with Gasteiger partial charge < -0.3 is 15.2 Å². The Kier molecular flexibility index (Phi) is 5.51. The van der Waals surface area contributed by atoms with Crippen molar-refractivity contribution in [2.24, 2.45) is 0 Å². The van der Waals surface area contributed by atoms with Crippen LogP contribution < -0.4 is 10.1 Å². The third kappa shape index (κ3) is 5.09. The van der Waals surface area contributed by atoms with Gasteiger partial charge in [-0.2, -0.15) is 8.78 Å². The Hall–Kier alpha value is -1.69. The molecule has 0 saturated carbocycles. The van der Waals surface area contributed by atoms with E-state index in [1.54, 1.807) is 13.0 Å². The van der Waals surface area contributed by atoms with Gasteiger partial charge in [-0.1, -0.05) is 12.1 Å². The van der Waals surface area contributed by atoms with Crippen LogP contribution in [-0.4, -0.2) is 23.7 Å². The molecule has 2 N–H and O–H groups in total. The fraction of sp³-hybridized carbons (Fsp3) is 0.417. The zero-order valence-corrected chi connectivity index (χ0v) is 9.90. The van der Waals surface area contributed by atoms with Crippen LogP contribution in [0.25, 0.3) is 0 Å². The van der Waals surface area contributed by atoms with Gasteiger partial charge in [-0.3, -0.25) is 4.79 Å². The third-order valence-corrected chi connectivity index (χ3v) is 2.17. The lowest BCUT2D eigenvalue weighted by Crippen LogP contribution is -2.15. The molecule has 1 rings (SSSR count). The number of hydrogen-bond donors (Lipinski definition) is 2. The van der Waals surface area contributed by atoms with Crippen LogP contribution in [0.15, 0.2) is 24.3 Å². The Morgan fingerprint density at radius 3 is 2.72 bits per heavy atom. The van der Waals surface area contributed by atoms with Crippen molar-refractivity contribution in [3.63, 3.8) is 0 Å². The average Bonchev–Trinajstić information content (AvgIpc) is 2.28. The largest absolute Gasteiger partial charge is 0.433 e. The highest BCUT2D eigenvalue weighted by Crippen LogP contribution is 2.25. The van der Waals surface area contributed by atoms with E-state index in [2.05, 4.69) is 10.1 Å². The first-order chi connectivity index (χ1) is 8.49. The lowest BCUT2D eigenvalue weighted by molar-refractivity contribution is -0.116. The number of carbonyl (C=O) groups is 1. The first kappa shape index (κ1) is 14.4. The summed E-state index contributed by atoms with van der Waals surface area (Å²) < 4.78 is 28.5. The van der Waals surface area contributed by atoms with Gasteiger partial charge >= 0.3 is 6.61 Å². The van der Waals surface area contributed by atoms with E-state index in [0.717, 1.165) is 0 Å². The molecule has 1 unspecified atom stereocenters. The van der Waals surface area contributed by atoms with Crippen molar-refractivity contribution in [1.29, 1.82) is 0 Å². The van der Waals surface area contributed by atoms with E-state index >= 15 is 0 Å². The zero-order chi connectivity index (χ0) is 13.5. The summed E-state index contributed by atoms with van der Waals surface area (Å²) in [6, 6.07) is 5.94. The predicted molar refractivity (Wildman–Crippen MR) is 62.6 cm³/mol. The molecule has 0 radical (unpaired) electrons. The molecule has 1 amide bonds. The van der Waals surface area contributed by atoms with Crippen LogP contribution in [0.4, 0.5) is 14.5 Å². The van der Waals surface area contributed by atoms with Crippen molar-refractivity contribution >= 4 is 11.6 Å². The quantitative estimate of drug-likeness (QED) is 0.824. The minimum Gasteiger partial charge on any atom is -0.433 e. The van der Waals surface area contributed by atoms with Gasteiger partial charge in [0.25, 0.3) is 0 Å². The molecule has 0 aromatic heterocycles. The fourth-order valence-electron chi connectivity index (χ4n) is 1.32. The van der Waals surface area contributed by atoms with Gasteiger partial charge in [0.1, 0.15) is 5.75 Å². The Morgan fingerprint density at radius 2 is 2.11 bits per heavy atom. The van der Waals surface area contributed by atoms with Crippen LogP contribution >= 0.6 is 0 Å². The lowest BCUT2D eigenvalue weighted by atomic mass is 10.2. The molecule has 1 atom stereocenters. The molecule has 18 heavy (non-hydrogen) atoms. The van der Waals surface area contributed by atoms with Crippen molar-refractivity contribution < 1.29 is 23.4 Å². The van der Waals surface area contributed by atoms with E-state index in [1.165, 1.54) is 18.2 Å². The predicted octanol–water partition coefficient (Wildman–Crippen LogP) is 2.39. The van der Waals surface area contributed by atoms with Gasteiger partial charge in [-0.15, -0.1) is 0 Å². The third-order valence-electron chi connectivity index (χ3n) is 2.17. The maximum absolute atomic E-state index is 12.1. The van der Waals surface area contributed by atoms with Crippen molar-refractivity contribution in [3.05, 3.63) is 24.3 Å². The maximum atomic E-state index is 12.1. The number of benzene rings is 1. The molecule has 0 spiro atoms. The number of halogens is 2. The fourth-order valence-corrected chi connectivity index (χ4v) is 1.32. The highest BCUT2D eigenvalue weighted by Gasteiger charge is 2.11. The summed E-state index contributed by atoms with van der Waals surface area (Å²) in [5.74, 6) is -0.445. The number of aliphatic hydroxyl groups is 1. The number of rotatable bonds is 6. The number of nitrogens with one attached hydrogen (secondary N) is 1. The number of alkyl halides is 2. The Bertz CT molecular complexity index is 397. The monoisotopic (exact) mass is 259 g/mol. The van der Waals surface area contributed by atoms with Crippen molar-refractivity contribution in [2.45, 2.75) is 32.5 Å². The Morgan fingerprint density at radius 1 is 1.44 bits per heavy atom. The molecule has 0 saturated heterocycles. The molecule has 0 aliphatic carbocycles. The van der Waals surface area contributed by atoms with Crippen LogP contribution in [-0.2, 0) is 4.79 Å². The second kappa shape index (κ2) is 6.90. The number of amides is 1.